The second-order valence-corrected chi connectivity index (χ2v) is 10.5. The zero-order chi connectivity index (χ0) is 15.8. The lowest BCUT2D eigenvalue weighted by Crippen LogP contribution is -2.41. The monoisotopic (exact) mass is 328 g/mol. The zero-order valence-corrected chi connectivity index (χ0v) is 15.0. The summed E-state index contributed by atoms with van der Waals surface area (Å²) in [6.07, 6.45) is 9.39. The lowest BCUT2D eigenvalue weighted by atomic mass is 9.68. The smallest absolute Gasteiger partial charge is 0.213 e. The Morgan fingerprint density at radius 1 is 1.18 bits per heavy atom. The summed E-state index contributed by atoms with van der Waals surface area (Å²) in [6, 6.07) is 0. The molecule has 0 amide bonds. The maximum Gasteiger partial charge on any atom is 0.213 e. The molecule has 1 heterocycles. The van der Waals surface area contributed by atoms with Crippen molar-refractivity contribution in [1.82, 2.24) is 9.62 Å². The highest BCUT2D eigenvalue weighted by molar-refractivity contribution is 7.90. The Balaban J connectivity index is 1.65. The summed E-state index contributed by atoms with van der Waals surface area (Å²) < 4.78 is 27.1. The molecule has 4 nitrogen and oxygen atoms in total. The van der Waals surface area contributed by atoms with Gasteiger partial charge in [-0.1, -0.05) is 19.3 Å². The van der Waals surface area contributed by atoms with Gasteiger partial charge in [0.25, 0.3) is 0 Å². The van der Waals surface area contributed by atoms with Gasteiger partial charge in [-0.05, 0) is 56.8 Å². The van der Waals surface area contributed by atoms with Crippen LogP contribution in [0.3, 0.4) is 0 Å². The van der Waals surface area contributed by atoms with E-state index in [4.69, 9.17) is 0 Å². The van der Waals surface area contributed by atoms with E-state index in [1.165, 1.54) is 58.0 Å². The van der Waals surface area contributed by atoms with Crippen LogP contribution in [-0.4, -0.2) is 44.7 Å². The van der Waals surface area contributed by atoms with E-state index in [0.29, 0.717) is 17.9 Å². The third kappa shape index (κ3) is 3.68. The Labute approximate surface area is 136 Å². The molecule has 0 aromatic carbocycles. The van der Waals surface area contributed by atoms with Gasteiger partial charge in [-0.15, -0.1) is 0 Å². The predicted molar refractivity (Wildman–Crippen MR) is 90.2 cm³/mol. The molecule has 1 saturated heterocycles. The van der Waals surface area contributed by atoms with Crippen molar-refractivity contribution in [2.75, 3.05) is 26.2 Å². The topological polar surface area (TPSA) is 49.4 Å². The summed E-state index contributed by atoms with van der Waals surface area (Å²) in [5.41, 5.74) is 0.382. The number of hydrogen-bond donors (Lipinski definition) is 1. The molecular weight excluding hydrogens is 296 g/mol. The SMILES string of the molecule is CC(C)S(=O)(=O)NCC1CN(CC2CC2)CC12CCCCC2. The highest BCUT2D eigenvalue weighted by atomic mass is 32.2. The van der Waals surface area contributed by atoms with Gasteiger partial charge in [0.05, 0.1) is 5.25 Å². The van der Waals surface area contributed by atoms with E-state index in [1.807, 2.05) is 0 Å². The minimum absolute atomic E-state index is 0.334. The van der Waals surface area contributed by atoms with Crippen molar-refractivity contribution in [3.8, 4) is 0 Å². The van der Waals surface area contributed by atoms with Crippen LogP contribution in [0.5, 0.6) is 0 Å². The third-order valence-corrected chi connectivity index (χ3v) is 7.91. The fourth-order valence-corrected chi connectivity index (χ4v) is 5.20. The van der Waals surface area contributed by atoms with E-state index in [0.717, 1.165) is 12.5 Å². The second-order valence-electron chi connectivity index (χ2n) is 8.20. The van der Waals surface area contributed by atoms with E-state index in [9.17, 15) is 8.42 Å². The van der Waals surface area contributed by atoms with Gasteiger partial charge < -0.3 is 4.90 Å². The first kappa shape index (κ1) is 16.7. The average Bonchev–Trinajstić information content (AvgIpc) is 3.21. The molecule has 1 unspecified atom stereocenters. The van der Waals surface area contributed by atoms with Gasteiger partial charge in [-0.2, -0.15) is 0 Å². The molecule has 2 saturated carbocycles. The molecule has 1 spiro atoms. The first-order valence-electron chi connectivity index (χ1n) is 9.12. The van der Waals surface area contributed by atoms with Crippen LogP contribution in [0.25, 0.3) is 0 Å². The molecule has 128 valence electrons. The molecule has 1 aliphatic heterocycles. The lowest BCUT2D eigenvalue weighted by molar-refractivity contribution is 0.140. The van der Waals surface area contributed by atoms with Crippen LogP contribution in [0.15, 0.2) is 0 Å². The van der Waals surface area contributed by atoms with Crippen LogP contribution in [0, 0.1) is 17.3 Å². The minimum atomic E-state index is -3.14. The van der Waals surface area contributed by atoms with Gasteiger partial charge >= 0.3 is 0 Å². The second kappa shape index (κ2) is 6.40. The standard InChI is InChI=1S/C17H32N2O2S/c1-14(2)22(20,21)18-10-16-12-19(11-15-6-7-15)13-17(16)8-4-3-5-9-17/h14-16,18H,3-13H2,1-2H3. The Morgan fingerprint density at radius 2 is 1.86 bits per heavy atom. The normalized spacial score (nSPS) is 29.5. The predicted octanol–water partition coefficient (Wildman–Crippen LogP) is 2.61. The van der Waals surface area contributed by atoms with E-state index >= 15 is 0 Å². The largest absolute Gasteiger partial charge is 0.302 e. The van der Waals surface area contributed by atoms with Gasteiger partial charge in [-0.3, -0.25) is 0 Å². The number of sulfonamides is 1. The summed E-state index contributed by atoms with van der Waals surface area (Å²) in [7, 11) is -3.14. The van der Waals surface area contributed by atoms with Crippen molar-refractivity contribution in [2.45, 2.75) is 64.0 Å². The maximum absolute atomic E-state index is 12.1. The minimum Gasteiger partial charge on any atom is -0.302 e. The van der Waals surface area contributed by atoms with Crippen molar-refractivity contribution < 1.29 is 8.42 Å². The summed E-state index contributed by atoms with van der Waals surface area (Å²) in [6.45, 7) is 7.70. The van der Waals surface area contributed by atoms with Crippen molar-refractivity contribution >= 4 is 10.0 Å². The molecule has 1 atom stereocenters. The maximum atomic E-state index is 12.1. The molecule has 2 aliphatic carbocycles. The first-order chi connectivity index (χ1) is 10.4. The van der Waals surface area contributed by atoms with Gasteiger partial charge in [0.15, 0.2) is 0 Å². The molecule has 22 heavy (non-hydrogen) atoms. The number of nitrogens with zero attached hydrogens (tertiary/aromatic N) is 1. The number of nitrogens with one attached hydrogen (secondary N) is 1. The van der Waals surface area contributed by atoms with Crippen LogP contribution in [0.1, 0.15) is 58.8 Å². The molecule has 3 aliphatic rings. The van der Waals surface area contributed by atoms with E-state index in [2.05, 4.69) is 9.62 Å². The molecule has 1 N–H and O–H groups in total. The molecule has 3 fully saturated rings. The Hall–Kier alpha value is -0.130. The van der Waals surface area contributed by atoms with Crippen molar-refractivity contribution in [2.24, 2.45) is 17.3 Å². The van der Waals surface area contributed by atoms with Gasteiger partial charge in [0.1, 0.15) is 0 Å². The Bertz CT molecular complexity index is 479. The van der Waals surface area contributed by atoms with Gasteiger partial charge in [0.2, 0.25) is 10.0 Å². The third-order valence-electron chi connectivity index (χ3n) is 6.10. The summed E-state index contributed by atoms with van der Waals surface area (Å²) in [5, 5.41) is -0.334. The average molecular weight is 329 g/mol. The summed E-state index contributed by atoms with van der Waals surface area (Å²) in [4.78, 5) is 2.64. The molecule has 0 aromatic rings. The Kier molecular flexibility index (Phi) is 4.87. The molecular formula is C17H32N2O2S. The number of rotatable bonds is 6. The van der Waals surface area contributed by atoms with Crippen LogP contribution in [0.4, 0.5) is 0 Å². The molecule has 3 rings (SSSR count). The molecule has 0 radical (unpaired) electrons. The molecule has 5 heteroatoms. The number of hydrogen-bond acceptors (Lipinski definition) is 3. The lowest BCUT2D eigenvalue weighted by Gasteiger charge is -2.38. The van der Waals surface area contributed by atoms with Crippen LogP contribution in [0.2, 0.25) is 0 Å². The highest BCUT2D eigenvalue weighted by Gasteiger charge is 2.47. The summed E-state index contributed by atoms with van der Waals surface area (Å²) >= 11 is 0. The van der Waals surface area contributed by atoms with Crippen molar-refractivity contribution in [3.63, 3.8) is 0 Å². The van der Waals surface area contributed by atoms with Gasteiger partial charge in [0, 0.05) is 26.2 Å². The fourth-order valence-electron chi connectivity index (χ4n) is 4.44. The van der Waals surface area contributed by atoms with Gasteiger partial charge in [-0.25, -0.2) is 13.1 Å². The van der Waals surface area contributed by atoms with E-state index in [-0.39, 0.29) is 5.25 Å². The zero-order valence-electron chi connectivity index (χ0n) is 14.2. The Morgan fingerprint density at radius 3 is 2.45 bits per heavy atom. The van der Waals surface area contributed by atoms with E-state index < -0.39 is 10.0 Å². The van der Waals surface area contributed by atoms with Crippen molar-refractivity contribution in [3.05, 3.63) is 0 Å². The fraction of sp³-hybridized carbons (Fsp3) is 1.00. The number of likely N-dealkylation sites (tertiary alicyclic amines) is 1. The first-order valence-corrected chi connectivity index (χ1v) is 10.7. The summed E-state index contributed by atoms with van der Waals surface area (Å²) in [5.74, 6) is 1.42. The van der Waals surface area contributed by atoms with Crippen LogP contribution >= 0.6 is 0 Å². The molecule has 0 aromatic heterocycles. The highest BCUT2D eigenvalue weighted by Crippen LogP contribution is 2.48. The van der Waals surface area contributed by atoms with Crippen molar-refractivity contribution in [1.29, 1.82) is 0 Å². The van der Waals surface area contributed by atoms with Crippen LogP contribution in [-0.2, 0) is 10.0 Å². The van der Waals surface area contributed by atoms with E-state index in [1.54, 1.807) is 13.8 Å². The molecule has 0 bridgehead atoms. The van der Waals surface area contributed by atoms with Crippen LogP contribution < -0.4 is 4.72 Å². The quantitative estimate of drug-likeness (QED) is 0.815.